The molecular formula is C21H22N4O3S. The van der Waals surface area contributed by atoms with Gasteiger partial charge in [0.05, 0.1) is 19.6 Å². The maximum atomic E-state index is 13.0. The number of amides is 1. The predicted molar refractivity (Wildman–Crippen MR) is 113 cm³/mol. The van der Waals surface area contributed by atoms with Crippen molar-refractivity contribution in [3.8, 4) is 11.5 Å². The molecular weight excluding hydrogens is 388 g/mol. The monoisotopic (exact) mass is 410 g/mol. The van der Waals surface area contributed by atoms with Crippen molar-refractivity contribution in [1.29, 1.82) is 0 Å². The van der Waals surface area contributed by atoms with Crippen molar-refractivity contribution in [2.45, 2.75) is 19.5 Å². The first-order valence-electron chi connectivity index (χ1n) is 9.38. The van der Waals surface area contributed by atoms with E-state index in [2.05, 4.69) is 12.2 Å². The maximum Gasteiger partial charge on any atom is 0.276 e. The quantitative estimate of drug-likeness (QED) is 0.816. The minimum absolute atomic E-state index is 0.187. The number of fused-ring (bicyclic) bond motifs is 2. The number of thioether (sulfide) groups is 1. The molecule has 0 radical (unpaired) electrons. The summed E-state index contributed by atoms with van der Waals surface area (Å²) in [5.41, 5.74) is 1.25. The molecule has 150 valence electrons. The van der Waals surface area contributed by atoms with Gasteiger partial charge >= 0.3 is 0 Å². The number of benzene rings is 2. The topological polar surface area (TPSA) is 75.5 Å². The molecule has 0 spiro atoms. The van der Waals surface area contributed by atoms with Crippen LogP contribution in [0.4, 0.5) is 0 Å². The number of hydrogen-bond donors (Lipinski definition) is 1. The molecule has 7 nitrogen and oxygen atoms in total. The van der Waals surface area contributed by atoms with Crippen molar-refractivity contribution in [3.05, 3.63) is 58.6 Å². The number of hydrazone groups is 1. The van der Waals surface area contributed by atoms with E-state index >= 15 is 0 Å². The van der Waals surface area contributed by atoms with Gasteiger partial charge in [-0.2, -0.15) is 0 Å². The van der Waals surface area contributed by atoms with E-state index in [9.17, 15) is 4.79 Å². The second-order valence-corrected chi connectivity index (χ2v) is 7.59. The molecule has 0 bridgehead atoms. The van der Waals surface area contributed by atoms with Crippen LogP contribution >= 0.6 is 11.8 Å². The van der Waals surface area contributed by atoms with Gasteiger partial charge in [0.25, 0.3) is 5.91 Å². The van der Waals surface area contributed by atoms with E-state index in [0.29, 0.717) is 22.4 Å². The third-order valence-electron chi connectivity index (χ3n) is 4.67. The minimum Gasteiger partial charge on any atom is -0.493 e. The number of ether oxygens (including phenoxy) is 2. The zero-order chi connectivity index (χ0) is 20.4. The highest BCUT2D eigenvalue weighted by molar-refractivity contribution is 8.13. The van der Waals surface area contributed by atoms with Crippen LogP contribution < -0.4 is 25.4 Å². The van der Waals surface area contributed by atoms with Gasteiger partial charge in [0.15, 0.2) is 22.8 Å². The van der Waals surface area contributed by atoms with Gasteiger partial charge in [0.2, 0.25) is 0 Å². The van der Waals surface area contributed by atoms with Crippen LogP contribution in [0.15, 0.2) is 52.6 Å². The highest BCUT2D eigenvalue weighted by Gasteiger charge is 2.36. The smallest absolute Gasteiger partial charge is 0.276 e. The summed E-state index contributed by atoms with van der Waals surface area (Å²) in [5.74, 6) is 1.86. The number of amidine groups is 1. The van der Waals surface area contributed by atoms with Crippen LogP contribution in [-0.4, -0.2) is 36.1 Å². The van der Waals surface area contributed by atoms with Crippen LogP contribution in [0.5, 0.6) is 11.5 Å². The van der Waals surface area contributed by atoms with Crippen molar-refractivity contribution in [2.24, 2.45) is 10.1 Å². The number of carbonyl (C=O) groups excluding carboxylic acids is 1. The first-order chi connectivity index (χ1) is 14.2. The van der Waals surface area contributed by atoms with Crippen LogP contribution in [0.2, 0.25) is 0 Å². The summed E-state index contributed by atoms with van der Waals surface area (Å²) >= 11 is 1.52. The second-order valence-electron chi connectivity index (χ2n) is 6.50. The summed E-state index contributed by atoms with van der Waals surface area (Å²) in [6, 6.07) is 13.2. The van der Waals surface area contributed by atoms with Crippen molar-refractivity contribution in [1.82, 2.24) is 10.3 Å². The first-order valence-corrected chi connectivity index (χ1v) is 10.4. The fourth-order valence-electron chi connectivity index (χ4n) is 3.41. The van der Waals surface area contributed by atoms with Gasteiger partial charge < -0.3 is 9.47 Å². The molecule has 2 aliphatic heterocycles. The van der Waals surface area contributed by atoms with Gasteiger partial charge in [0.1, 0.15) is 5.70 Å². The second kappa shape index (κ2) is 8.16. The van der Waals surface area contributed by atoms with Gasteiger partial charge in [-0.05, 0) is 18.6 Å². The van der Waals surface area contributed by atoms with Crippen LogP contribution in [0.1, 0.15) is 25.1 Å². The molecule has 4 rings (SSSR count). The van der Waals surface area contributed by atoms with Crippen LogP contribution in [0.3, 0.4) is 0 Å². The summed E-state index contributed by atoms with van der Waals surface area (Å²) in [7, 11) is 3.19. The molecule has 2 aromatic carbocycles. The molecule has 1 N–H and O–H groups in total. The Labute approximate surface area is 173 Å². The lowest BCUT2D eigenvalue weighted by Crippen LogP contribution is -2.50. The van der Waals surface area contributed by atoms with Gasteiger partial charge in [-0.1, -0.05) is 49.0 Å². The molecule has 2 aromatic rings. The zero-order valence-corrected chi connectivity index (χ0v) is 17.3. The van der Waals surface area contributed by atoms with E-state index in [0.717, 1.165) is 28.3 Å². The molecule has 1 amide bonds. The van der Waals surface area contributed by atoms with E-state index in [1.165, 1.54) is 11.8 Å². The maximum absolute atomic E-state index is 13.0. The standard InChI is InChI=1S/C21H22N4O3S/c1-4-12-29-21-23-20(26)17-13-8-5-6-10-15(13)22-19(25(17)24-21)14-9-7-11-16(27-2)18(14)28-3/h5-11,19H,4,12H2,1-3H3,(H,23,24,26). The Bertz CT molecular complexity index is 1100. The number of carbonyl (C=O) groups is 1. The van der Waals surface area contributed by atoms with E-state index in [1.54, 1.807) is 19.2 Å². The summed E-state index contributed by atoms with van der Waals surface area (Å²) in [6.45, 7) is 2.09. The number of nitrogens with one attached hydrogen (secondary N) is 1. The average Bonchev–Trinajstić information content (AvgIpc) is 2.76. The molecule has 0 aliphatic carbocycles. The predicted octanol–water partition coefficient (Wildman–Crippen LogP) is 1.99. The Morgan fingerprint density at radius 2 is 1.97 bits per heavy atom. The Kier molecular flexibility index (Phi) is 5.44. The lowest BCUT2D eigenvalue weighted by Gasteiger charge is -2.34. The SMILES string of the molecule is CCCSC1=NN2C(=c3ccccc3=NC2c2cccc(OC)c2OC)C(=O)N1. The lowest BCUT2D eigenvalue weighted by molar-refractivity contribution is -0.116. The summed E-state index contributed by atoms with van der Waals surface area (Å²) in [4.78, 5) is 17.9. The summed E-state index contributed by atoms with van der Waals surface area (Å²) in [5, 5.41) is 11.4. The minimum atomic E-state index is -0.548. The highest BCUT2D eigenvalue weighted by atomic mass is 32.2. The Morgan fingerprint density at radius 3 is 2.72 bits per heavy atom. The zero-order valence-electron chi connectivity index (χ0n) is 16.5. The van der Waals surface area contributed by atoms with Gasteiger partial charge in [-0.15, -0.1) is 5.10 Å². The van der Waals surface area contributed by atoms with Gasteiger partial charge in [-0.3, -0.25) is 15.1 Å². The van der Waals surface area contributed by atoms with Crippen molar-refractivity contribution in [3.63, 3.8) is 0 Å². The van der Waals surface area contributed by atoms with Crippen molar-refractivity contribution >= 4 is 28.5 Å². The molecule has 0 saturated heterocycles. The van der Waals surface area contributed by atoms with E-state index in [1.807, 2.05) is 42.5 Å². The van der Waals surface area contributed by atoms with Crippen LogP contribution in [0, 0.1) is 0 Å². The summed E-state index contributed by atoms with van der Waals surface area (Å²) in [6.07, 6.45) is 0.435. The van der Waals surface area contributed by atoms with E-state index < -0.39 is 6.17 Å². The fourth-order valence-corrected chi connectivity index (χ4v) is 4.12. The number of hydrogen-bond acceptors (Lipinski definition) is 7. The first kappa shape index (κ1) is 19.3. The normalized spacial score (nSPS) is 17.6. The van der Waals surface area contributed by atoms with E-state index in [-0.39, 0.29) is 5.91 Å². The molecule has 0 aromatic heterocycles. The van der Waals surface area contributed by atoms with Crippen molar-refractivity contribution < 1.29 is 14.3 Å². The Hall–Kier alpha value is -3.00. The van der Waals surface area contributed by atoms with Crippen LogP contribution in [0.25, 0.3) is 5.70 Å². The lowest BCUT2D eigenvalue weighted by atomic mass is 10.1. The highest BCUT2D eigenvalue weighted by Crippen LogP contribution is 2.40. The van der Waals surface area contributed by atoms with E-state index in [4.69, 9.17) is 19.6 Å². The number of rotatable bonds is 5. The molecule has 1 unspecified atom stereocenters. The molecule has 0 saturated carbocycles. The molecule has 1 atom stereocenters. The molecule has 2 heterocycles. The largest absolute Gasteiger partial charge is 0.493 e. The van der Waals surface area contributed by atoms with Crippen molar-refractivity contribution in [2.75, 3.05) is 20.0 Å². The molecule has 2 aliphatic rings. The van der Waals surface area contributed by atoms with Gasteiger partial charge in [0, 0.05) is 16.5 Å². The number of nitrogens with zero attached hydrogens (tertiary/aromatic N) is 3. The van der Waals surface area contributed by atoms with Gasteiger partial charge in [-0.25, -0.2) is 5.01 Å². The third kappa shape index (κ3) is 3.44. The molecule has 29 heavy (non-hydrogen) atoms. The third-order valence-corrected chi connectivity index (χ3v) is 5.74. The molecule has 8 heteroatoms. The van der Waals surface area contributed by atoms with Crippen LogP contribution in [-0.2, 0) is 4.79 Å². The summed E-state index contributed by atoms with van der Waals surface area (Å²) < 4.78 is 11.1. The Morgan fingerprint density at radius 1 is 1.14 bits per heavy atom. The number of methoxy groups -OCH3 is 2. The average molecular weight is 410 g/mol. The fraction of sp³-hybridized carbons (Fsp3) is 0.286. The molecule has 0 fully saturated rings. The Balaban J connectivity index is 1.94. The number of para-hydroxylation sites is 2.